The molecule has 3 unspecified atom stereocenters. The lowest BCUT2D eigenvalue weighted by atomic mass is 9.86. The number of amidine groups is 1. The molecule has 0 amide bonds. The van der Waals surface area contributed by atoms with Gasteiger partial charge in [-0.15, -0.1) is 0 Å². The summed E-state index contributed by atoms with van der Waals surface area (Å²) >= 11 is 0. The first kappa shape index (κ1) is 37.6. The monoisotopic (exact) mass is 801 g/mol. The topological polar surface area (TPSA) is 54.8 Å². The number of rotatable bonds is 8. The van der Waals surface area contributed by atoms with Crippen LogP contribution in [0.2, 0.25) is 0 Å². The highest BCUT2D eigenvalue weighted by Crippen LogP contribution is 2.52. The van der Waals surface area contributed by atoms with Gasteiger partial charge in [0, 0.05) is 52.3 Å². The third-order valence-corrected chi connectivity index (χ3v) is 13.2. The van der Waals surface area contributed by atoms with Crippen LogP contribution >= 0.6 is 0 Å². The largest absolute Gasteiger partial charge is 0.458 e. The first-order valence-corrected chi connectivity index (χ1v) is 21.8. The van der Waals surface area contributed by atoms with Crippen molar-refractivity contribution in [1.82, 2.24) is 0 Å². The number of hydrogen-bond donors (Lipinski definition) is 1. The molecule has 0 saturated carbocycles. The van der Waals surface area contributed by atoms with Crippen LogP contribution in [-0.2, 0) is 0 Å². The van der Waals surface area contributed by atoms with Gasteiger partial charge in [-0.05, 0) is 91.7 Å². The molecule has 9 aromatic rings. The lowest BCUT2D eigenvalue weighted by molar-refractivity contribution is 0.514. The molecule has 2 aliphatic rings. The van der Waals surface area contributed by atoms with Gasteiger partial charge in [-0.1, -0.05) is 177 Å². The third kappa shape index (κ3) is 6.42. The van der Waals surface area contributed by atoms with Gasteiger partial charge in [0.2, 0.25) is 0 Å². The average Bonchev–Trinajstić information content (AvgIpc) is 3.73. The Kier molecular flexibility index (Phi) is 9.42. The van der Waals surface area contributed by atoms with Gasteiger partial charge >= 0.3 is 0 Å². The van der Waals surface area contributed by atoms with Crippen LogP contribution in [0.3, 0.4) is 0 Å². The predicted octanol–water partition coefficient (Wildman–Crippen LogP) is 14.7. The van der Waals surface area contributed by atoms with Crippen LogP contribution in [0.15, 0.2) is 209 Å². The highest BCUT2D eigenvalue weighted by atomic mass is 16.3. The summed E-state index contributed by atoms with van der Waals surface area (Å²) in [7, 11) is 2.18. The molecule has 8 aromatic carbocycles. The molecule has 0 radical (unpaired) electrons. The molecule has 0 saturated heterocycles. The quantitative estimate of drug-likeness (QED) is 0.0946. The van der Waals surface area contributed by atoms with E-state index in [4.69, 9.17) is 15.1 Å². The number of allylic oxidation sites excluding steroid dienone is 5. The van der Waals surface area contributed by atoms with E-state index in [1.54, 1.807) is 0 Å². The number of benzene rings is 8. The van der Waals surface area contributed by atoms with Crippen LogP contribution in [-0.4, -0.2) is 12.9 Å². The van der Waals surface area contributed by atoms with Gasteiger partial charge < -0.3 is 15.1 Å². The van der Waals surface area contributed by atoms with Gasteiger partial charge in [0.05, 0.1) is 0 Å². The van der Waals surface area contributed by atoms with Crippen molar-refractivity contribution in [2.75, 3.05) is 11.9 Å². The molecule has 62 heavy (non-hydrogen) atoms. The average molecular weight is 802 g/mol. The molecular formula is C58H47N3O. The summed E-state index contributed by atoms with van der Waals surface area (Å²) in [5, 5.41) is 8.78. The predicted molar refractivity (Wildman–Crippen MR) is 261 cm³/mol. The lowest BCUT2D eigenvalue weighted by Gasteiger charge is -2.35. The van der Waals surface area contributed by atoms with E-state index < -0.39 is 0 Å². The SMILES string of the molecule is CCC(/C=C(\N=C(N)c1ccc(C2c3oc4ccccc4c3-c3cc(-c4ccc5c6ccccc6c6ccccc6c5c4)ccc3N2C)cc1)C1C=CC=CC1)c1ccccc1. The zero-order valence-electron chi connectivity index (χ0n) is 35.0. The van der Waals surface area contributed by atoms with E-state index in [0.29, 0.717) is 5.84 Å². The van der Waals surface area contributed by atoms with Gasteiger partial charge in [0.25, 0.3) is 0 Å². The van der Waals surface area contributed by atoms with Crippen LogP contribution in [0.4, 0.5) is 5.69 Å². The van der Waals surface area contributed by atoms with Crippen molar-refractivity contribution in [3.8, 4) is 22.3 Å². The van der Waals surface area contributed by atoms with Gasteiger partial charge in [-0.2, -0.15) is 0 Å². The Morgan fingerprint density at radius 1 is 0.694 bits per heavy atom. The molecular weight excluding hydrogens is 755 g/mol. The second-order valence-corrected chi connectivity index (χ2v) is 16.7. The fourth-order valence-corrected chi connectivity index (χ4v) is 9.97. The number of nitrogens with two attached hydrogens (primary N) is 1. The Bertz CT molecular complexity index is 3260. The van der Waals surface area contributed by atoms with Gasteiger partial charge in [-0.3, -0.25) is 0 Å². The maximum absolute atomic E-state index is 6.89. The smallest absolute Gasteiger partial charge is 0.140 e. The summed E-state index contributed by atoms with van der Waals surface area (Å²) in [6.07, 6.45) is 12.9. The number of furan rings is 1. The fourth-order valence-electron chi connectivity index (χ4n) is 9.97. The van der Waals surface area contributed by atoms with Crippen molar-refractivity contribution < 1.29 is 4.42 Å². The van der Waals surface area contributed by atoms with Gasteiger partial charge in [0.15, 0.2) is 0 Å². The Morgan fingerprint density at radius 3 is 2.02 bits per heavy atom. The summed E-state index contributed by atoms with van der Waals surface area (Å²) in [4.78, 5) is 7.51. The Hall–Kier alpha value is -7.43. The van der Waals surface area contributed by atoms with Crippen molar-refractivity contribution in [2.24, 2.45) is 16.6 Å². The zero-order valence-corrected chi connectivity index (χ0v) is 35.0. The summed E-state index contributed by atoms with van der Waals surface area (Å²) in [5.74, 6) is 1.87. The van der Waals surface area contributed by atoms with Crippen LogP contribution in [0.1, 0.15) is 54.2 Å². The maximum Gasteiger partial charge on any atom is 0.140 e. The maximum atomic E-state index is 6.89. The number of para-hydroxylation sites is 1. The molecule has 4 nitrogen and oxygen atoms in total. The standard InChI is InChI=1S/C58H47N3O/c1-3-37(38-16-6-4-7-17-38)36-52(39-18-8-5-9-19-39)60-58(59)41-28-26-40(27-29-41)56-57-55(49-24-14-15-25-54(49)62-57)51-35-43(31-33-53(51)61(56)2)42-30-32-48-46-22-11-10-20-44(46)45-21-12-13-23-47(45)50(48)34-42/h4-18,20-37,39,56H,3,19H2,1-2H3,(H2,59,60)/b52-36-. The lowest BCUT2D eigenvalue weighted by Crippen LogP contribution is -2.28. The van der Waals surface area contributed by atoms with Crippen LogP contribution < -0.4 is 10.6 Å². The molecule has 300 valence electrons. The van der Waals surface area contributed by atoms with Crippen LogP contribution in [0.5, 0.6) is 0 Å². The number of anilines is 1. The first-order chi connectivity index (χ1) is 30.5. The number of fused-ring (bicyclic) bond motifs is 11. The van der Waals surface area contributed by atoms with Crippen molar-refractivity contribution in [1.29, 1.82) is 0 Å². The Morgan fingerprint density at radius 2 is 1.32 bits per heavy atom. The van der Waals surface area contributed by atoms with E-state index >= 15 is 0 Å². The summed E-state index contributed by atoms with van der Waals surface area (Å²) in [5.41, 5.74) is 17.9. The van der Waals surface area contributed by atoms with E-state index in [-0.39, 0.29) is 17.9 Å². The molecule has 1 aliphatic heterocycles. The van der Waals surface area contributed by atoms with E-state index in [2.05, 4.69) is 213 Å². The van der Waals surface area contributed by atoms with E-state index in [1.807, 2.05) is 0 Å². The van der Waals surface area contributed by atoms with Gasteiger partial charge in [-0.25, -0.2) is 4.99 Å². The highest BCUT2D eigenvalue weighted by Gasteiger charge is 2.35. The Balaban J connectivity index is 0.968. The fraction of sp³-hybridized carbons (Fsp3) is 0.121. The van der Waals surface area contributed by atoms with Crippen molar-refractivity contribution >= 4 is 54.8 Å². The van der Waals surface area contributed by atoms with Crippen LogP contribution in [0, 0.1) is 5.92 Å². The highest BCUT2D eigenvalue weighted by molar-refractivity contribution is 6.25. The summed E-state index contributed by atoms with van der Waals surface area (Å²) in [6, 6.07) is 59.0. The third-order valence-electron chi connectivity index (χ3n) is 13.2. The van der Waals surface area contributed by atoms with Crippen LogP contribution in [0.25, 0.3) is 65.5 Å². The van der Waals surface area contributed by atoms with Crippen molar-refractivity contribution in [3.63, 3.8) is 0 Å². The molecule has 2 heterocycles. The van der Waals surface area contributed by atoms with Crippen molar-refractivity contribution in [3.05, 3.63) is 222 Å². The van der Waals surface area contributed by atoms with Crippen molar-refractivity contribution in [2.45, 2.75) is 31.7 Å². The molecule has 0 spiro atoms. The first-order valence-electron chi connectivity index (χ1n) is 21.8. The summed E-state index contributed by atoms with van der Waals surface area (Å²) in [6.45, 7) is 2.23. The van der Waals surface area contributed by atoms with Gasteiger partial charge in [0.1, 0.15) is 23.2 Å². The molecule has 4 heteroatoms. The van der Waals surface area contributed by atoms with E-state index in [9.17, 15) is 0 Å². The molecule has 11 rings (SSSR count). The number of aliphatic imine (C=N–C) groups is 1. The Labute approximate surface area is 362 Å². The molecule has 0 bridgehead atoms. The molecule has 3 atom stereocenters. The van der Waals surface area contributed by atoms with E-state index in [0.717, 1.165) is 57.6 Å². The second kappa shape index (κ2) is 15.6. The zero-order chi connectivity index (χ0) is 41.7. The molecule has 2 N–H and O–H groups in total. The second-order valence-electron chi connectivity index (χ2n) is 16.7. The van der Waals surface area contributed by atoms with E-state index in [1.165, 1.54) is 54.6 Å². The number of nitrogens with zero attached hydrogens (tertiary/aromatic N) is 2. The normalized spacial score (nSPS) is 16.9. The molecule has 1 aromatic heterocycles. The minimum absolute atomic E-state index is 0.144. The molecule has 1 aliphatic carbocycles. The minimum Gasteiger partial charge on any atom is -0.458 e. The minimum atomic E-state index is -0.144. The molecule has 0 fully saturated rings. The summed E-state index contributed by atoms with van der Waals surface area (Å²) < 4.78 is 6.85. The number of hydrogen-bond acceptors (Lipinski definition) is 3.